The molecular weight excluding hydrogens is 298 g/mol. The Balaban J connectivity index is 1.94. The van der Waals surface area contributed by atoms with Gasteiger partial charge in [0.2, 0.25) is 0 Å². The van der Waals surface area contributed by atoms with Gasteiger partial charge >= 0.3 is 0 Å². The number of hydrogen-bond donors (Lipinski definition) is 1. The number of hydrogen-bond acceptors (Lipinski definition) is 2. The van der Waals surface area contributed by atoms with Gasteiger partial charge in [0.1, 0.15) is 5.69 Å². The summed E-state index contributed by atoms with van der Waals surface area (Å²) < 4.78 is 1.54. The number of nitrogens with one attached hydrogen (secondary N) is 1. The largest absolute Gasteiger partial charge is 0.320 e. The SMILES string of the molecule is Cc1ccccc1NC(=O)c1ccnn1-c1ccccc1Cl. The van der Waals surface area contributed by atoms with E-state index < -0.39 is 0 Å². The van der Waals surface area contributed by atoms with Gasteiger partial charge in [-0.05, 0) is 36.8 Å². The summed E-state index contributed by atoms with van der Waals surface area (Å²) in [6.07, 6.45) is 1.58. The molecule has 110 valence electrons. The van der Waals surface area contributed by atoms with Crippen molar-refractivity contribution in [1.82, 2.24) is 9.78 Å². The van der Waals surface area contributed by atoms with Crippen LogP contribution in [0.4, 0.5) is 5.69 Å². The Morgan fingerprint density at radius 3 is 2.59 bits per heavy atom. The molecule has 0 saturated carbocycles. The van der Waals surface area contributed by atoms with Crippen LogP contribution >= 0.6 is 11.6 Å². The van der Waals surface area contributed by atoms with E-state index >= 15 is 0 Å². The minimum Gasteiger partial charge on any atom is -0.320 e. The van der Waals surface area contributed by atoms with Crippen molar-refractivity contribution in [3.8, 4) is 5.69 Å². The van der Waals surface area contributed by atoms with E-state index in [9.17, 15) is 4.79 Å². The quantitative estimate of drug-likeness (QED) is 0.792. The van der Waals surface area contributed by atoms with E-state index in [1.54, 1.807) is 18.3 Å². The fraction of sp³-hybridized carbons (Fsp3) is 0.0588. The van der Waals surface area contributed by atoms with Crippen LogP contribution in [0.25, 0.3) is 5.69 Å². The third-order valence-electron chi connectivity index (χ3n) is 3.35. The average molecular weight is 312 g/mol. The molecule has 22 heavy (non-hydrogen) atoms. The van der Waals surface area contributed by atoms with Gasteiger partial charge in [-0.3, -0.25) is 4.79 Å². The minimum absolute atomic E-state index is 0.230. The third kappa shape index (κ3) is 2.73. The molecule has 4 nitrogen and oxygen atoms in total. The van der Waals surface area contributed by atoms with Gasteiger partial charge in [0.05, 0.1) is 16.9 Å². The number of para-hydroxylation sites is 2. The lowest BCUT2D eigenvalue weighted by atomic mass is 10.2. The lowest BCUT2D eigenvalue weighted by Gasteiger charge is -2.11. The van der Waals surface area contributed by atoms with Crippen molar-refractivity contribution >= 4 is 23.2 Å². The Labute approximate surface area is 133 Å². The molecule has 2 aromatic carbocycles. The molecular formula is C17H14ClN3O. The molecule has 3 aromatic rings. The predicted octanol–water partition coefficient (Wildman–Crippen LogP) is 4.09. The van der Waals surface area contributed by atoms with Crippen LogP contribution in [0.1, 0.15) is 16.1 Å². The highest BCUT2D eigenvalue weighted by Gasteiger charge is 2.15. The first-order valence-corrected chi connectivity index (χ1v) is 7.20. The van der Waals surface area contributed by atoms with Gasteiger partial charge in [0, 0.05) is 5.69 Å². The third-order valence-corrected chi connectivity index (χ3v) is 3.67. The second-order valence-electron chi connectivity index (χ2n) is 4.85. The molecule has 0 spiro atoms. The van der Waals surface area contributed by atoms with Crippen LogP contribution in [0, 0.1) is 6.92 Å². The van der Waals surface area contributed by atoms with E-state index in [1.165, 1.54) is 4.68 Å². The van der Waals surface area contributed by atoms with E-state index in [0.29, 0.717) is 16.4 Å². The van der Waals surface area contributed by atoms with Crippen LogP contribution in [0.5, 0.6) is 0 Å². The van der Waals surface area contributed by atoms with E-state index in [2.05, 4.69) is 10.4 Å². The molecule has 0 aliphatic heterocycles. The molecule has 0 fully saturated rings. The maximum absolute atomic E-state index is 12.5. The van der Waals surface area contributed by atoms with Crippen molar-refractivity contribution < 1.29 is 4.79 Å². The Kier molecular flexibility index (Phi) is 3.94. The topological polar surface area (TPSA) is 46.9 Å². The maximum atomic E-state index is 12.5. The zero-order chi connectivity index (χ0) is 15.5. The van der Waals surface area contributed by atoms with Gasteiger partial charge in [-0.15, -0.1) is 0 Å². The van der Waals surface area contributed by atoms with E-state index in [-0.39, 0.29) is 5.91 Å². The molecule has 0 aliphatic carbocycles. The van der Waals surface area contributed by atoms with Crippen LogP contribution in [0.2, 0.25) is 5.02 Å². The molecule has 0 saturated heterocycles. The van der Waals surface area contributed by atoms with Crippen molar-refractivity contribution in [3.05, 3.63) is 77.1 Å². The van der Waals surface area contributed by atoms with Gasteiger partial charge in [0.15, 0.2) is 0 Å². The van der Waals surface area contributed by atoms with Gasteiger partial charge < -0.3 is 5.32 Å². The number of halogens is 1. The van der Waals surface area contributed by atoms with Crippen molar-refractivity contribution in [1.29, 1.82) is 0 Å². The molecule has 0 atom stereocenters. The van der Waals surface area contributed by atoms with Crippen LogP contribution in [0.3, 0.4) is 0 Å². The Hall–Kier alpha value is -2.59. The first-order chi connectivity index (χ1) is 10.7. The predicted molar refractivity (Wildman–Crippen MR) is 87.7 cm³/mol. The zero-order valence-electron chi connectivity index (χ0n) is 12.0. The van der Waals surface area contributed by atoms with E-state index in [4.69, 9.17) is 11.6 Å². The first kappa shape index (κ1) is 14.4. The molecule has 1 N–H and O–H groups in total. The Bertz CT molecular complexity index is 826. The van der Waals surface area contributed by atoms with Gasteiger partial charge in [-0.1, -0.05) is 41.9 Å². The van der Waals surface area contributed by atoms with Gasteiger partial charge in [0.25, 0.3) is 5.91 Å². The summed E-state index contributed by atoms with van der Waals surface area (Å²) in [7, 11) is 0. The number of amides is 1. The smallest absolute Gasteiger partial charge is 0.274 e. The molecule has 1 heterocycles. The lowest BCUT2D eigenvalue weighted by Crippen LogP contribution is -2.17. The van der Waals surface area contributed by atoms with Crippen molar-refractivity contribution in [2.24, 2.45) is 0 Å². The number of anilines is 1. The number of aryl methyl sites for hydroxylation is 1. The number of nitrogens with zero attached hydrogens (tertiary/aromatic N) is 2. The fourth-order valence-electron chi connectivity index (χ4n) is 2.19. The minimum atomic E-state index is -0.230. The monoisotopic (exact) mass is 311 g/mol. The average Bonchev–Trinajstić information content (AvgIpc) is 2.99. The van der Waals surface area contributed by atoms with Crippen molar-refractivity contribution in [3.63, 3.8) is 0 Å². The summed E-state index contributed by atoms with van der Waals surface area (Å²) in [5, 5.41) is 7.64. The molecule has 3 rings (SSSR count). The van der Waals surface area contributed by atoms with Crippen LogP contribution in [-0.4, -0.2) is 15.7 Å². The second-order valence-corrected chi connectivity index (χ2v) is 5.26. The summed E-state index contributed by atoms with van der Waals surface area (Å²) in [5.74, 6) is -0.230. The molecule has 0 unspecified atom stereocenters. The lowest BCUT2D eigenvalue weighted by molar-refractivity contribution is 0.101. The molecule has 0 aliphatic rings. The van der Waals surface area contributed by atoms with Crippen molar-refractivity contribution in [2.45, 2.75) is 6.92 Å². The number of benzene rings is 2. The van der Waals surface area contributed by atoms with E-state index in [1.807, 2.05) is 49.4 Å². The molecule has 1 amide bonds. The summed E-state index contributed by atoms with van der Waals surface area (Å²) in [6, 6.07) is 16.6. The number of aromatic nitrogens is 2. The maximum Gasteiger partial charge on any atom is 0.274 e. The van der Waals surface area contributed by atoms with Crippen molar-refractivity contribution in [2.75, 3.05) is 5.32 Å². The highest BCUT2D eigenvalue weighted by Crippen LogP contribution is 2.21. The number of carbonyl (C=O) groups excluding carboxylic acids is 1. The van der Waals surface area contributed by atoms with Crippen LogP contribution in [0.15, 0.2) is 60.8 Å². The molecule has 0 radical (unpaired) electrons. The first-order valence-electron chi connectivity index (χ1n) is 6.83. The highest BCUT2D eigenvalue weighted by atomic mass is 35.5. The Morgan fingerprint density at radius 2 is 1.82 bits per heavy atom. The van der Waals surface area contributed by atoms with E-state index in [0.717, 1.165) is 11.3 Å². The fourth-order valence-corrected chi connectivity index (χ4v) is 2.41. The molecule has 1 aromatic heterocycles. The summed E-state index contributed by atoms with van der Waals surface area (Å²) in [5.41, 5.74) is 2.87. The number of rotatable bonds is 3. The van der Waals surface area contributed by atoms with Crippen LogP contribution < -0.4 is 5.32 Å². The standard InChI is InChI=1S/C17H14ClN3O/c1-12-6-2-4-8-14(12)20-17(22)16-10-11-19-21(16)15-9-5-3-7-13(15)18/h2-11H,1H3,(H,20,22). The van der Waals surface area contributed by atoms with Gasteiger partial charge in [-0.25, -0.2) is 4.68 Å². The number of carbonyl (C=O) groups is 1. The second kappa shape index (κ2) is 6.03. The zero-order valence-corrected chi connectivity index (χ0v) is 12.7. The molecule has 0 bridgehead atoms. The molecule has 5 heteroatoms. The van der Waals surface area contributed by atoms with Crippen LogP contribution in [-0.2, 0) is 0 Å². The normalized spacial score (nSPS) is 10.5. The Morgan fingerprint density at radius 1 is 1.09 bits per heavy atom. The summed E-state index contributed by atoms with van der Waals surface area (Å²) >= 11 is 6.19. The van der Waals surface area contributed by atoms with Gasteiger partial charge in [-0.2, -0.15) is 5.10 Å². The highest BCUT2D eigenvalue weighted by molar-refractivity contribution is 6.32. The summed E-state index contributed by atoms with van der Waals surface area (Å²) in [6.45, 7) is 1.95. The summed E-state index contributed by atoms with van der Waals surface area (Å²) in [4.78, 5) is 12.5.